The summed E-state index contributed by atoms with van der Waals surface area (Å²) < 4.78 is 12.6. The van der Waals surface area contributed by atoms with Crippen molar-refractivity contribution >= 4 is 0 Å². The number of rotatable bonds is 4. The molecule has 1 saturated heterocycles. The molecule has 3 fully saturated rings. The molecule has 2 aliphatic carbocycles. The normalized spacial score (nSPS) is 35.1. The van der Waals surface area contributed by atoms with Gasteiger partial charge in [-0.25, -0.2) is 0 Å². The summed E-state index contributed by atoms with van der Waals surface area (Å²) in [5.74, 6) is 1.41. The lowest BCUT2D eigenvalue weighted by atomic mass is 9.81. The van der Waals surface area contributed by atoms with Gasteiger partial charge in [0.15, 0.2) is 5.79 Å². The summed E-state index contributed by atoms with van der Waals surface area (Å²) in [4.78, 5) is 0. The molecular formula is C19H34O2. The second-order valence-corrected chi connectivity index (χ2v) is 8.19. The van der Waals surface area contributed by atoms with Gasteiger partial charge < -0.3 is 9.47 Å². The maximum Gasteiger partial charge on any atom is 0.163 e. The lowest BCUT2D eigenvalue weighted by Crippen LogP contribution is -2.29. The summed E-state index contributed by atoms with van der Waals surface area (Å²) in [6.45, 7) is 4.20. The molecule has 0 N–H and O–H groups in total. The first-order valence-corrected chi connectivity index (χ1v) is 9.48. The van der Waals surface area contributed by atoms with Crippen LogP contribution in [0.4, 0.5) is 0 Å². The van der Waals surface area contributed by atoms with E-state index in [2.05, 4.69) is 13.8 Å². The van der Waals surface area contributed by atoms with Gasteiger partial charge in [-0.05, 0) is 38.5 Å². The van der Waals surface area contributed by atoms with Gasteiger partial charge in [-0.15, -0.1) is 0 Å². The van der Waals surface area contributed by atoms with Crippen molar-refractivity contribution in [1.82, 2.24) is 0 Å². The predicted molar refractivity (Wildman–Crippen MR) is 86.2 cm³/mol. The number of hydrogen-bond donors (Lipinski definition) is 0. The second kappa shape index (κ2) is 7.00. The third-order valence-electron chi connectivity index (χ3n) is 5.87. The average Bonchev–Trinajstić information content (AvgIpc) is 2.75. The van der Waals surface area contributed by atoms with Crippen LogP contribution in [-0.2, 0) is 9.47 Å². The lowest BCUT2D eigenvalue weighted by Gasteiger charge is -2.29. The van der Waals surface area contributed by atoms with Gasteiger partial charge in [-0.3, -0.25) is 0 Å². The Bertz CT molecular complexity index is 284. The maximum absolute atomic E-state index is 6.28. The summed E-state index contributed by atoms with van der Waals surface area (Å²) in [7, 11) is 0. The minimum atomic E-state index is -0.362. The van der Waals surface area contributed by atoms with E-state index in [1.165, 1.54) is 77.0 Å². The molecule has 0 aromatic rings. The highest BCUT2D eigenvalue weighted by Crippen LogP contribution is 2.39. The molecule has 2 heteroatoms. The Morgan fingerprint density at radius 1 is 0.667 bits per heavy atom. The molecule has 2 saturated carbocycles. The van der Waals surface area contributed by atoms with Crippen molar-refractivity contribution in [2.45, 2.75) is 109 Å². The van der Waals surface area contributed by atoms with Gasteiger partial charge in [0.2, 0.25) is 0 Å². The van der Waals surface area contributed by atoms with E-state index in [1.807, 2.05) is 0 Å². The second-order valence-electron chi connectivity index (χ2n) is 8.19. The van der Waals surface area contributed by atoms with Crippen LogP contribution in [-0.4, -0.2) is 18.0 Å². The van der Waals surface area contributed by atoms with Gasteiger partial charge in [0.1, 0.15) is 0 Å². The quantitative estimate of drug-likeness (QED) is 0.686. The van der Waals surface area contributed by atoms with Crippen molar-refractivity contribution in [2.24, 2.45) is 11.8 Å². The highest BCUT2D eigenvalue weighted by atomic mass is 16.7. The number of hydrogen-bond acceptors (Lipinski definition) is 2. The van der Waals surface area contributed by atoms with Crippen molar-refractivity contribution < 1.29 is 9.47 Å². The van der Waals surface area contributed by atoms with E-state index >= 15 is 0 Å². The van der Waals surface area contributed by atoms with Gasteiger partial charge in [-0.2, -0.15) is 0 Å². The highest BCUT2D eigenvalue weighted by molar-refractivity contribution is 4.86. The molecule has 0 bridgehead atoms. The first-order chi connectivity index (χ1) is 10.1. The van der Waals surface area contributed by atoms with E-state index in [9.17, 15) is 0 Å². The molecule has 0 spiro atoms. The number of ether oxygens (including phenoxy) is 2. The van der Waals surface area contributed by atoms with Crippen molar-refractivity contribution in [3.8, 4) is 0 Å². The van der Waals surface area contributed by atoms with Crippen LogP contribution in [0.15, 0.2) is 0 Å². The van der Waals surface area contributed by atoms with E-state index in [4.69, 9.17) is 9.47 Å². The molecule has 21 heavy (non-hydrogen) atoms. The zero-order valence-electron chi connectivity index (χ0n) is 14.1. The van der Waals surface area contributed by atoms with Crippen molar-refractivity contribution in [1.29, 1.82) is 0 Å². The summed E-state index contributed by atoms with van der Waals surface area (Å²) in [5, 5.41) is 0. The third-order valence-corrected chi connectivity index (χ3v) is 5.87. The van der Waals surface area contributed by atoms with Gasteiger partial charge in [0, 0.05) is 0 Å². The highest BCUT2D eigenvalue weighted by Gasteiger charge is 2.42. The van der Waals surface area contributed by atoms with Crippen LogP contribution in [0.2, 0.25) is 0 Å². The summed E-state index contributed by atoms with van der Waals surface area (Å²) in [5.41, 5.74) is 0. The monoisotopic (exact) mass is 294 g/mol. The Labute approximate surface area is 131 Å². The van der Waals surface area contributed by atoms with E-state index < -0.39 is 0 Å². The standard InChI is InChI=1S/C19H34O2/c1-19(2)20-17(13-15-9-5-3-6-10-15)18(21-19)14-16-11-7-4-8-12-16/h15-18H,3-14H2,1-2H3/t17-,18+. The van der Waals surface area contributed by atoms with Gasteiger partial charge in [0.05, 0.1) is 12.2 Å². The molecular weight excluding hydrogens is 260 g/mol. The summed E-state index contributed by atoms with van der Waals surface area (Å²) in [6.07, 6.45) is 17.4. The predicted octanol–water partition coefficient (Wildman–Crippen LogP) is 5.45. The zero-order chi connectivity index (χ0) is 14.7. The van der Waals surface area contributed by atoms with Crippen LogP contribution in [0.1, 0.15) is 90.9 Å². The van der Waals surface area contributed by atoms with E-state index in [0.717, 1.165) is 11.8 Å². The smallest absolute Gasteiger partial charge is 0.163 e. The molecule has 0 aromatic carbocycles. The third kappa shape index (κ3) is 4.45. The Morgan fingerprint density at radius 2 is 1.05 bits per heavy atom. The molecule has 122 valence electrons. The minimum Gasteiger partial charge on any atom is -0.345 e. The Balaban J connectivity index is 1.56. The summed E-state index contributed by atoms with van der Waals surface area (Å²) in [6, 6.07) is 0. The molecule has 3 aliphatic rings. The fraction of sp³-hybridized carbons (Fsp3) is 1.00. The fourth-order valence-electron chi connectivity index (χ4n) is 4.81. The minimum absolute atomic E-state index is 0.352. The van der Waals surface area contributed by atoms with Crippen molar-refractivity contribution in [2.75, 3.05) is 0 Å². The van der Waals surface area contributed by atoms with Crippen molar-refractivity contribution in [3.05, 3.63) is 0 Å². The lowest BCUT2D eigenvalue weighted by molar-refractivity contribution is -0.149. The van der Waals surface area contributed by atoms with E-state index in [0.29, 0.717) is 12.2 Å². The molecule has 2 nitrogen and oxygen atoms in total. The fourth-order valence-corrected chi connectivity index (χ4v) is 4.81. The van der Waals surface area contributed by atoms with E-state index in [1.54, 1.807) is 0 Å². The van der Waals surface area contributed by atoms with Gasteiger partial charge >= 0.3 is 0 Å². The van der Waals surface area contributed by atoms with Crippen LogP contribution in [0.3, 0.4) is 0 Å². The largest absolute Gasteiger partial charge is 0.345 e. The van der Waals surface area contributed by atoms with Gasteiger partial charge in [-0.1, -0.05) is 64.2 Å². The SMILES string of the molecule is CC1(C)O[C@@H](CC2CCCCC2)[C@@H](CC2CCCCC2)O1. The molecule has 1 aliphatic heterocycles. The van der Waals surface area contributed by atoms with Crippen LogP contribution in [0.5, 0.6) is 0 Å². The first-order valence-electron chi connectivity index (χ1n) is 9.48. The Hall–Kier alpha value is -0.0800. The molecule has 0 radical (unpaired) electrons. The molecule has 0 amide bonds. The van der Waals surface area contributed by atoms with Gasteiger partial charge in [0.25, 0.3) is 0 Å². The van der Waals surface area contributed by atoms with Crippen LogP contribution < -0.4 is 0 Å². The Kier molecular flexibility index (Phi) is 5.27. The van der Waals surface area contributed by atoms with Crippen LogP contribution in [0, 0.1) is 11.8 Å². The maximum atomic E-state index is 6.28. The topological polar surface area (TPSA) is 18.5 Å². The molecule has 0 aromatic heterocycles. The molecule has 3 rings (SSSR count). The first kappa shape index (κ1) is 15.8. The summed E-state index contributed by atoms with van der Waals surface area (Å²) >= 11 is 0. The molecule has 0 unspecified atom stereocenters. The average molecular weight is 294 g/mol. The molecule has 2 atom stereocenters. The van der Waals surface area contributed by atoms with Crippen LogP contribution in [0.25, 0.3) is 0 Å². The van der Waals surface area contributed by atoms with Crippen LogP contribution >= 0.6 is 0 Å². The zero-order valence-corrected chi connectivity index (χ0v) is 14.1. The van der Waals surface area contributed by atoms with Crippen molar-refractivity contribution in [3.63, 3.8) is 0 Å². The van der Waals surface area contributed by atoms with E-state index in [-0.39, 0.29) is 5.79 Å². The Morgan fingerprint density at radius 3 is 1.43 bits per heavy atom. The molecule has 1 heterocycles.